The van der Waals surface area contributed by atoms with Crippen molar-refractivity contribution in [2.45, 2.75) is 25.0 Å². The minimum Gasteiger partial charge on any atom is -0.497 e. The molecule has 0 spiro atoms. The number of amides is 1. The van der Waals surface area contributed by atoms with E-state index in [0.29, 0.717) is 41.5 Å². The molecular weight excluding hydrogens is 424 g/mol. The predicted molar refractivity (Wildman–Crippen MR) is 125 cm³/mol. The van der Waals surface area contributed by atoms with Gasteiger partial charge in [0.25, 0.3) is 5.91 Å². The first-order chi connectivity index (χ1) is 15.5. The second-order valence-corrected chi connectivity index (χ2v) is 8.00. The number of aryl methyl sites for hydroxylation is 1. The highest BCUT2D eigenvalue weighted by Gasteiger charge is 2.15. The number of benzene rings is 2. The van der Waals surface area contributed by atoms with Crippen LogP contribution < -0.4 is 10.1 Å². The Bertz CT molecular complexity index is 1090. The fraction of sp³-hybridized carbons (Fsp3) is 0.250. The first kappa shape index (κ1) is 23.3. The lowest BCUT2D eigenvalue weighted by atomic mass is 10.1. The van der Waals surface area contributed by atoms with Gasteiger partial charge in [-0.25, -0.2) is 0 Å². The second-order valence-electron chi connectivity index (χ2n) is 7.06. The Hall–Kier alpha value is -3.39. The summed E-state index contributed by atoms with van der Waals surface area (Å²) in [5.41, 5.74) is 2.21. The van der Waals surface area contributed by atoms with Gasteiger partial charge in [0.2, 0.25) is 0 Å². The Morgan fingerprint density at radius 2 is 1.91 bits per heavy atom. The van der Waals surface area contributed by atoms with Crippen LogP contribution in [0.3, 0.4) is 0 Å². The van der Waals surface area contributed by atoms with E-state index in [4.69, 9.17) is 4.74 Å². The molecule has 1 aromatic heterocycles. The average Bonchev–Trinajstić information content (AvgIpc) is 3.19. The summed E-state index contributed by atoms with van der Waals surface area (Å²) in [6, 6.07) is 14.5. The summed E-state index contributed by atoms with van der Waals surface area (Å²) in [5, 5.41) is 12.1. The van der Waals surface area contributed by atoms with Crippen molar-refractivity contribution in [3.8, 4) is 5.75 Å². The van der Waals surface area contributed by atoms with Gasteiger partial charge in [0, 0.05) is 30.6 Å². The molecule has 0 radical (unpaired) electrons. The number of carbonyl (C=O) groups is 2. The highest BCUT2D eigenvalue weighted by Crippen LogP contribution is 2.20. The number of rotatable bonds is 11. The Balaban J connectivity index is 1.59. The van der Waals surface area contributed by atoms with E-state index in [1.165, 1.54) is 11.8 Å². The number of methoxy groups -OCH3 is 1. The third-order valence-corrected chi connectivity index (χ3v) is 5.84. The van der Waals surface area contributed by atoms with Crippen LogP contribution in [-0.4, -0.2) is 45.9 Å². The van der Waals surface area contributed by atoms with Crippen molar-refractivity contribution >= 4 is 23.5 Å². The number of hydrogen-bond donors (Lipinski definition) is 1. The van der Waals surface area contributed by atoms with Crippen LogP contribution >= 0.6 is 11.8 Å². The van der Waals surface area contributed by atoms with E-state index in [0.717, 1.165) is 11.4 Å². The number of allylic oxidation sites excluding steroid dienone is 1. The molecule has 7 nitrogen and oxygen atoms in total. The molecule has 0 unspecified atom stereocenters. The molecule has 3 rings (SSSR count). The molecule has 32 heavy (non-hydrogen) atoms. The van der Waals surface area contributed by atoms with Crippen molar-refractivity contribution < 1.29 is 14.3 Å². The Labute approximate surface area is 191 Å². The van der Waals surface area contributed by atoms with E-state index in [-0.39, 0.29) is 17.4 Å². The first-order valence-electron chi connectivity index (χ1n) is 10.2. The molecule has 166 valence electrons. The molecule has 3 aromatic rings. The van der Waals surface area contributed by atoms with Crippen LogP contribution in [0.2, 0.25) is 0 Å². The van der Waals surface area contributed by atoms with Crippen LogP contribution in [0.5, 0.6) is 5.75 Å². The molecule has 0 fully saturated rings. The zero-order valence-electron chi connectivity index (χ0n) is 18.2. The normalized spacial score (nSPS) is 10.6. The Morgan fingerprint density at radius 1 is 1.16 bits per heavy atom. The van der Waals surface area contributed by atoms with Crippen LogP contribution in [0.4, 0.5) is 0 Å². The number of Topliss-reactive ketones (excluding diaryl/α,β-unsaturated/α-hetero) is 1. The maximum Gasteiger partial charge on any atom is 0.251 e. The van der Waals surface area contributed by atoms with Gasteiger partial charge in [-0.05, 0) is 42.8 Å². The fourth-order valence-electron chi connectivity index (χ4n) is 3.12. The van der Waals surface area contributed by atoms with E-state index in [9.17, 15) is 9.59 Å². The van der Waals surface area contributed by atoms with Crippen LogP contribution in [0.25, 0.3) is 0 Å². The average molecular weight is 451 g/mol. The maximum atomic E-state index is 12.5. The Morgan fingerprint density at radius 3 is 2.59 bits per heavy atom. The summed E-state index contributed by atoms with van der Waals surface area (Å²) in [7, 11) is 1.59. The third-order valence-electron chi connectivity index (χ3n) is 4.87. The predicted octanol–water partition coefficient (Wildman–Crippen LogP) is 3.73. The summed E-state index contributed by atoms with van der Waals surface area (Å²) >= 11 is 1.33. The van der Waals surface area contributed by atoms with E-state index in [1.807, 2.05) is 29.7 Å². The summed E-state index contributed by atoms with van der Waals surface area (Å²) in [6.45, 7) is 6.66. The SMILES string of the molecule is C=CCn1c(CCNC(=O)c2ccccc2C)nnc1SCC(=O)c1ccc(OC)cc1. The number of hydrogen-bond acceptors (Lipinski definition) is 6. The summed E-state index contributed by atoms with van der Waals surface area (Å²) in [4.78, 5) is 24.9. The van der Waals surface area contributed by atoms with Gasteiger partial charge in [-0.1, -0.05) is 36.0 Å². The molecule has 0 aliphatic heterocycles. The molecule has 0 saturated carbocycles. The van der Waals surface area contributed by atoms with Crippen molar-refractivity contribution in [1.29, 1.82) is 0 Å². The fourth-order valence-corrected chi connectivity index (χ4v) is 3.99. The van der Waals surface area contributed by atoms with Crippen LogP contribution in [0.15, 0.2) is 66.3 Å². The molecule has 1 N–H and O–H groups in total. The lowest BCUT2D eigenvalue weighted by Crippen LogP contribution is -2.27. The highest BCUT2D eigenvalue weighted by atomic mass is 32.2. The molecule has 0 aliphatic carbocycles. The number of nitrogens with zero attached hydrogens (tertiary/aromatic N) is 3. The maximum absolute atomic E-state index is 12.5. The van der Waals surface area contributed by atoms with Crippen molar-refractivity contribution in [3.63, 3.8) is 0 Å². The van der Waals surface area contributed by atoms with Crippen molar-refractivity contribution in [1.82, 2.24) is 20.1 Å². The Kier molecular flexibility index (Phi) is 8.21. The lowest BCUT2D eigenvalue weighted by Gasteiger charge is -2.09. The minimum absolute atomic E-state index is 0.00199. The van der Waals surface area contributed by atoms with E-state index >= 15 is 0 Å². The lowest BCUT2D eigenvalue weighted by molar-refractivity contribution is 0.0952. The third kappa shape index (κ3) is 5.85. The summed E-state index contributed by atoms with van der Waals surface area (Å²) in [6.07, 6.45) is 2.28. The smallest absolute Gasteiger partial charge is 0.251 e. The number of ketones is 1. The number of nitrogens with one attached hydrogen (secondary N) is 1. The van der Waals surface area contributed by atoms with Crippen molar-refractivity contribution in [2.24, 2.45) is 0 Å². The van der Waals surface area contributed by atoms with Crippen molar-refractivity contribution in [2.75, 3.05) is 19.4 Å². The molecule has 1 heterocycles. The van der Waals surface area contributed by atoms with Gasteiger partial charge >= 0.3 is 0 Å². The minimum atomic E-state index is -0.113. The molecule has 0 aliphatic rings. The van der Waals surface area contributed by atoms with Gasteiger partial charge in [0.1, 0.15) is 11.6 Å². The molecule has 8 heteroatoms. The van der Waals surface area contributed by atoms with Gasteiger partial charge in [-0.3, -0.25) is 9.59 Å². The van der Waals surface area contributed by atoms with Gasteiger partial charge in [-0.2, -0.15) is 0 Å². The first-order valence-corrected chi connectivity index (χ1v) is 11.2. The van der Waals surface area contributed by atoms with Gasteiger partial charge < -0.3 is 14.6 Å². The largest absolute Gasteiger partial charge is 0.497 e. The molecule has 0 atom stereocenters. The number of ether oxygens (including phenoxy) is 1. The summed E-state index contributed by atoms with van der Waals surface area (Å²) in [5.74, 6) is 1.56. The molecule has 0 saturated heterocycles. The van der Waals surface area contributed by atoms with E-state index < -0.39 is 0 Å². The quantitative estimate of drug-likeness (QED) is 0.272. The summed E-state index contributed by atoms with van der Waals surface area (Å²) < 4.78 is 7.04. The van der Waals surface area contributed by atoms with Crippen LogP contribution in [-0.2, 0) is 13.0 Å². The standard InChI is InChI=1S/C24H26N4O3S/c1-4-15-28-22(13-14-25-23(30)20-8-6-5-7-17(20)2)26-27-24(28)32-16-21(29)18-9-11-19(31-3)12-10-18/h4-12H,1,13-16H2,2-3H3,(H,25,30). The molecule has 2 aromatic carbocycles. The van der Waals surface area contributed by atoms with Gasteiger partial charge in [0.05, 0.1) is 12.9 Å². The highest BCUT2D eigenvalue weighted by molar-refractivity contribution is 7.99. The number of aromatic nitrogens is 3. The zero-order chi connectivity index (χ0) is 22.9. The molecular formula is C24H26N4O3S. The van der Waals surface area contributed by atoms with Gasteiger partial charge in [-0.15, -0.1) is 16.8 Å². The molecule has 1 amide bonds. The van der Waals surface area contributed by atoms with E-state index in [1.54, 1.807) is 43.5 Å². The second kappa shape index (κ2) is 11.3. The van der Waals surface area contributed by atoms with Crippen LogP contribution in [0, 0.1) is 6.92 Å². The number of carbonyl (C=O) groups excluding carboxylic acids is 2. The van der Waals surface area contributed by atoms with Gasteiger partial charge in [0.15, 0.2) is 10.9 Å². The monoisotopic (exact) mass is 450 g/mol. The van der Waals surface area contributed by atoms with Crippen molar-refractivity contribution in [3.05, 3.63) is 83.7 Å². The molecule has 0 bridgehead atoms. The van der Waals surface area contributed by atoms with E-state index in [2.05, 4.69) is 22.1 Å². The topological polar surface area (TPSA) is 86.1 Å². The zero-order valence-corrected chi connectivity index (χ0v) is 19.0. The number of thioether (sulfide) groups is 1. The van der Waals surface area contributed by atoms with Crippen LogP contribution in [0.1, 0.15) is 32.1 Å².